The SMILES string of the molecule is Cc1cnc(NC(=O)Cn2c(-c3cccs3)n[nH]c2=S)s1. The highest BCUT2D eigenvalue weighted by Gasteiger charge is 2.13. The van der Waals surface area contributed by atoms with Gasteiger partial charge < -0.3 is 5.32 Å². The fraction of sp³-hybridized carbons (Fsp3) is 0.167. The molecule has 1 amide bonds. The van der Waals surface area contributed by atoms with Crippen molar-refractivity contribution in [1.29, 1.82) is 0 Å². The van der Waals surface area contributed by atoms with Gasteiger partial charge in [-0.25, -0.2) is 4.98 Å². The molecule has 6 nitrogen and oxygen atoms in total. The molecule has 108 valence electrons. The minimum Gasteiger partial charge on any atom is -0.300 e. The van der Waals surface area contributed by atoms with E-state index in [4.69, 9.17) is 12.2 Å². The molecule has 0 radical (unpaired) electrons. The van der Waals surface area contributed by atoms with Gasteiger partial charge in [-0.05, 0) is 30.6 Å². The second kappa shape index (κ2) is 5.88. The van der Waals surface area contributed by atoms with Crippen molar-refractivity contribution < 1.29 is 4.79 Å². The average molecular weight is 337 g/mol. The number of rotatable bonds is 4. The van der Waals surface area contributed by atoms with E-state index in [1.165, 1.54) is 11.3 Å². The minimum atomic E-state index is -0.181. The van der Waals surface area contributed by atoms with E-state index < -0.39 is 0 Å². The average Bonchev–Trinajstić information content (AvgIpc) is 3.14. The first-order valence-corrected chi connectivity index (χ1v) is 8.15. The number of thiophene rings is 1. The van der Waals surface area contributed by atoms with E-state index in [2.05, 4.69) is 20.5 Å². The first-order valence-electron chi connectivity index (χ1n) is 6.05. The number of thiazole rings is 1. The third kappa shape index (κ3) is 3.09. The van der Waals surface area contributed by atoms with Gasteiger partial charge >= 0.3 is 0 Å². The molecular weight excluding hydrogens is 326 g/mol. The molecule has 3 aromatic heterocycles. The van der Waals surface area contributed by atoms with Gasteiger partial charge in [0.15, 0.2) is 15.7 Å². The lowest BCUT2D eigenvalue weighted by molar-refractivity contribution is -0.116. The van der Waals surface area contributed by atoms with Crippen LogP contribution in [0.5, 0.6) is 0 Å². The summed E-state index contributed by atoms with van der Waals surface area (Å²) in [6, 6.07) is 3.87. The Morgan fingerprint density at radius 3 is 3.10 bits per heavy atom. The monoisotopic (exact) mass is 337 g/mol. The van der Waals surface area contributed by atoms with Gasteiger partial charge in [0.2, 0.25) is 5.91 Å². The number of carbonyl (C=O) groups excluding carboxylic acids is 1. The fourth-order valence-electron chi connectivity index (χ4n) is 1.77. The lowest BCUT2D eigenvalue weighted by Gasteiger charge is -2.05. The topological polar surface area (TPSA) is 75.6 Å². The zero-order valence-electron chi connectivity index (χ0n) is 11.0. The van der Waals surface area contributed by atoms with Crippen molar-refractivity contribution in [3.05, 3.63) is 33.4 Å². The molecule has 9 heteroatoms. The Morgan fingerprint density at radius 2 is 2.43 bits per heavy atom. The molecule has 3 aromatic rings. The van der Waals surface area contributed by atoms with E-state index in [1.54, 1.807) is 22.1 Å². The molecule has 21 heavy (non-hydrogen) atoms. The summed E-state index contributed by atoms with van der Waals surface area (Å²) in [5, 5.41) is 12.2. The normalized spacial score (nSPS) is 10.7. The van der Waals surface area contributed by atoms with Gasteiger partial charge in [-0.1, -0.05) is 6.07 Å². The van der Waals surface area contributed by atoms with Crippen LogP contribution >= 0.6 is 34.9 Å². The Labute approximate surface area is 133 Å². The largest absolute Gasteiger partial charge is 0.300 e. The number of nitrogens with one attached hydrogen (secondary N) is 2. The molecule has 0 aliphatic carbocycles. The minimum absolute atomic E-state index is 0.0984. The van der Waals surface area contributed by atoms with Crippen molar-refractivity contribution in [2.45, 2.75) is 13.5 Å². The summed E-state index contributed by atoms with van der Waals surface area (Å²) in [6.45, 7) is 2.04. The van der Waals surface area contributed by atoms with Crippen LogP contribution in [0.3, 0.4) is 0 Å². The second-order valence-electron chi connectivity index (χ2n) is 4.24. The van der Waals surface area contributed by atoms with Crippen LogP contribution in [-0.2, 0) is 11.3 Å². The molecule has 3 heterocycles. The van der Waals surface area contributed by atoms with E-state index in [9.17, 15) is 4.79 Å². The van der Waals surface area contributed by atoms with Gasteiger partial charge in [-0.15, -0.1) is 22.7 Å². The predicted octanol–water partition coefficient (Wildman–Crippen LogP) is 3.07. The Hall–Kier alpha value is -1.84. The highest BCUT2D eigenvalue weighted by atomic mass is 32.1. The van der Waals surface area contributed by atoms with E-state index in [-0.39, 0.29) is 12.5 Å². The molecule has 0 fully saturated rings. The molecule has 0 spiro atoms. The number of amides is 1. The van der Waals surface area contributed by atoms with Gasteiger partial charge in [0.25, 0.3) is 0 Å². The maximum atomic E-state index is 12.1. The van der Waals surface area contributed by atoms with Crippen LogP contribution in [0, 0.1) is 11.7 Å². The highest BCUT2D eigenvalue weighted by Crippen LogP contribution is 2.23. The van der Waals surface area contributed by atoms with E-state index in [0.29, 0.717) is 15.7 Å². The molecular formula is C12H11N5OS3. The van der Waals surface area contributed by atoms with Gasteiger partial charge in [0.1, 0.15) is 6.54 Å². The third-order valence-electron chi connectivity index (χ3n) is 2.67. The number of aromatic amines is 1. The number of hydrogen-bond donors (Lipinski definition) is 2. The van der Waals surface area contributed by atoms with E-state index >= 15 is 0 Å². The number of aryl methyl sites for hydroxylation is 1. The first kappa shape index (κ1) is 14.1. The van der Waals surface area contributed by atoms with Gasteiger partial charge in [-0.3, -0.25) is 14.5 Å². The van der Waals surface area contributed by atoms with Crippen molar-refractivity contribution >= 4 is 45.9 Å². The lowest BCUT2D eigenvalue weighted by Crippen LogP contribution is -2.19. The number of anilines is 1. The van der Waals surface area contributed by atoms with Crippen LogP contribution in [-0.4, -0.2) is 25.7 Å². The lowest BCUT2D eigenvalue weighted by atomic mass is 10.4. The number of hydrogen-bond acceptors (Lipinski definition) is 6. The Bertz CT molecular complexity index is 814. The maximum absolute atomic E-state index is 12.1. The smallest absolute Gasteiger partial charge is 0.246 e. The molecule has 3 rings (SSSR count). The Balaban J connectivity index is 1.80. The van der Waals surface area contributed by atoms with Crippen LogP contribution in [0.15, 0.2) is 23.7 Å². The molecule has 0 aliphatic heterocycles. The molecule has 0 saturated heterocycles. The second-order valence-corrected chi connectivity index (χ2v) is 6.81. The van der Waals surface area contributed by atoms with Crippen molar-refractivity contribution in [3.63, 3.8) is 0 Å². The number of aromatic nitrogens is 4. The maximum Gasteiger partial charge on any atom is 0.246 e. The summed E-state index contributed by atoms with van der Waals surface area (Å²) < 4.78 is 2.10. The summed E-state index contributed by atoms with van der Waals surface area (Å²) in [5.74, 6) is 0.486. The van der Waals surface area contributed by atoms with Crippen molar-refractivity contribution in [2.24, 2.45) is 0 Å². The fourth-order valence-corrected chi connectivity index (χ4v) is 3.37. The van der Waals surface area contributed by atoms with Crippen LogP contribution < -0.4 is 5.32 Å². The van der Waals surface area contributed by atoms with Crippen LogP contribution in [0.1, 0.15) is 4.88 Å². The summed E-state index contributed by atoms with van der Waals surface area (Å²) in [6.07, 6.45) is 1.72. The summed E-state index contributed by atoms with van der Waals surface area (Å²) in [4.78, 5) is 18.2. The summed E-state index contributed by atoms with van der Waals surface area (Å²) in [7, 11) is 0. The van der Waals surface area contributed by atoms with Crippen LogP contribution in [0.2, 0.25) is 0 Å². The molecule has 0 bridgehead atoms. The Morgan fingerprint density at radius 1 is 1.57 bits per heavy atom. The standard InChI is InChI=1S/C12H11N5OS3/c1-7-5-13-11(21-7)14-9(18)6-17-10(15-16-12(17)19)8-3-2-4-20-8/h2-5H,6H2,1H3,(H,16,19)(H,13,14,18). The molecule has 0 atom stereocenters. The summed E-state index contributed by atoms with van der Waals surface area (Å²) in [5.41, 5.74) is 0. The van der Waals surface area contributed by atoms with Crippen molar-refractivity contribution in [1.82, 2.24) is 19.7 Å². The number of H-pyrrole nitrogens is 1. The van der Waals surface area contributed by atoms with Crippen molar-refractivity contribution in [2.75, 3.05) is 5.32 Å². The molecule has 0 aliphatic rings. The molecule has 0 aromatic carbocycles. The predicted molar refractivity (Wildman–Crippen MR) is 86.2 cm³/mol. The highest BCUT2D eigenvalue weighted by molar-refractivity contribution is 7.71. The van der Waals surface area contributed by atoms with Crippen LogP contribution in [0.25, 0.3) is 10.7 Å². The van der Waals surface area contributed by atoms with E-state index in [1.807, 2.05) is 24.4 Å². The molecule has 0 saturated carbocycles. The third-order valence-corrected chi connectivity index (χ3v) is 4.67. The zero-order valence-corrected chi connectivity index (χ0v) is 13.4. The Kier molecular flexibility index (Phi) is 3.95. The molecule has 2 N–H and O–H groups in total. The number of nitrogens with zero attached hydrogens (tertiary/aromatic N) is 3. The quantitative estimate of drug-likeness (QED) is 0.718. The van der Waals surface area contributed by atoms with Gasteiger partial charge in [0.05, 0.1) is 4.88 Å². The zero-order chi connectivity index (χ0) is 14.8. The first-order chi connectivity index (χ1) is 10.1. The molecule has 0 unspecified atom stereocenters. The van der Waals surface area contributed by atoms with Gasteiger partial charge in [-0.2, -0.15) is 5.10 Å². The van der Waals surface area contributed by atoms with Gasteiger partial charge in [0, 0.05) is 11.1 Å². The number of carbonyl (C=O) groups is 1. The van der Waals surface area contributed by atoms with Crippen molar-refractivity contribution in [3.8, 4) is 10.7 Å². The summed E-state index contributed by atoms with van der Waals surface area (Å²) >= 11 is 8.17. The van der Waals surface area contributed by atoms with E-state index in [0.717, 1.165) is 9.75 Å². The van der Waals surface area contributed by atoms with Crippen LogP contribution in [0.4, 0.5) is 5.13 Å².